The van der Waals surface area contributed by atoms with Crippen LogP contribution in [0, 0.1) is 26.2 Å². The second-order valence-corrected chi connectivity index (χ2v) is 6.76. The fourth-order valence-corrected chi connectivity index (χ4v) is 3.55. The summed E-state index contributed by atoms with van der Waals surface area (Å²) >= 11 is 1.26. The van der Waals surface area contributed by atoms with Gasteiger partial charge < -0.3 is 10.3 Å². The molecule has 2 N–H and O–H groups in total. The minimum atomic E-state index is -0.294. The number of rotatable bonds is 3. The van der Waals surface area contributed by atoms with Crippen molar-refractivity contribution in [2.24, 2.45) is 0 Å². The number of nitrogens with zero attached hydrogens (tertiary/aromatic N) is 1. The van der Waals surface area contributed by atoms with Crippen LogP contribution in [-0.4, -0.2) is 21.6 Å². The van der Waals surface area contributed by atoms with Crippen molar-refractivity contribution in [3.05, 3.63) is 50.8 Å². The summed E-state index contributed by atoms with van der Waals surface area (Å²) in [7, 11) is 0. The molecule has 1 aromatic heterocycles. The largest absolute Gasteiger partial charge is 0.310 e. The van der Waals surface area contributed by atoms with Gasteiger partial charge in [-0.25, -0.2) is 4.98 Å². The molecule has 2 aromatic rings. The summed E-state index contributed by atoms with van der Waals surface area (Å²) in [5, 5.41) is 3.13. The van der Waals surface area contributed by atoms with Gasteiger partial charge in [0.25, 0.3) is 5.56 Å². The van der Waals surface area contributed by atoms with Crippen molar-refractivity contribution in [2.45, 2.75) is 31.3 Å². The fraction of sp³-hybridized carbons (Fsp3) is 0.278. The van der Waals surface area contributed by atoms with Crippen molar-refractivity contribution in [1.29, 1.82) is 0 Å². The van der Waals surface area contributed by atoms with E-state index < -0.39 is 0 Å². The highest BCUT2D eigenvalue weighted by atomic mass is 32.2. The van der Waals surface area contributed by atoms with E-state index in [0.717, 1.165) is 16.7 Å². The van der Waals surface area contributed by atoms with Gasteiger partial charge in [-0.1, -0.05) is 41.4 Å². The highest BCUT2D eigenvalue weighted by Crippen LogP contribution is 2.36. The van der Waals surface area contributed by atoms with Gasteiger partial charge in [-0.2, -0.15) is 0 Å². The minimum Gasteiger partial charge on any atom is -0.310 e. The summed E-state index contributed by atoms with van der Waals surface area (Å²) in [5.74, 6) is 2.78. The number of carbonyl (C=O) groups is 1. The van der Waals surface area contributed by atoms with E-state index in [1.807, 2.05) is 26.0 Å². The van der Waals surface area contributed by atoms with Gasteiger partial charge in [0.05, 0.1) is 11.3 Å². The molecule has 1 aromatic carbocycles. The molecule has 3 rings (SSSR count). The van der Waals surface area contributed by atoms with E-state index in [4.69, 9.17) is 6.42 Å². The Labute approximate surface area is 144 Å². The molecule has 0 saturated heterocycles. The van der Waals surface area contributed by atoms with E-state index in [1.54, 1.807) is 0 Å². The van der Waals surface area contributed by atoms with Crippen LogP contribution in [0.5, 0.6) is 0 Å². The Bertz CT molecular complexity index is 911. The number of amides is 1. The molecule has 5 nitrogen and oxygen atoms in total. The molecular formula is C18H17N3O2S. The number of hydrogen-bond donors (Lipinski definition) is 2. The summed E-state index contributed by atoms with van der Waals surface area (Å²) in [4.78, 5) is 31.9. The Hall–Kier alpha value is -2.52. The maximum atomic E-state index is 12.6. The van der Waals surface area contributed by atoms with E-state index >= 15 is 0 Å². The van der Waals surface area contributed by atoms with Crippen molar-refractivity contribution in [3.63, 3.8) is 0 Å². The molecule has 122 valence electrons. The normalized spacial score (nSPS) is 16.2. The van der Waals surface area contributed by atoms with Crippen molar-refractivity contribution >= 4 is 23.5 Å². The van der Waals surface area contributed by atoms with Gasteiger partial charge in [0, 0.05) is 12.3 Å². The van der Waals surface area contributed by atoms with Crippen LogP contribution in [0.25, 0.3) is 0 Å². The Morgan fingerprint density at radius 2 is 2.17 bits per heavy atom. The standard InChI is InChI=1S/C18H17N3O2S/c1-4-7-24-18-20-16-15(17(23)21-18)13(9-14(22)19-16)12-6-5-10(2)8-11(12)3/h1,5-6,8,13H,7,9H2,2-3H3,(H2,19,20,21,22,23)/t13-/m0/s1. The SMILES string of the molecule is C#CCSc1nc2c(c(=O)[nH]1)[C@H](c1ccc(C)cc1C)CC(=O)N2. The highest BCUT2D eigenvalue weighted by Gasteiger charge is 2.31. The van der Waals surface area contributed by atoms with Gasteiger partial charge in [0.2, 0.25) is 5.91 Å². The topological polar surface area (TPSA) is 74.8 Å². The summed E-state index contributed by atoms with van der Waals surface area (Å²) < 4.78 is 0. The van der Waals surface area contributed by atoms with Gasteiger partial charge in [-0.05, 0) is 25.0 Å². The molecule has 1 atom stereocenters. The predicted octanol–water partition coefficient (Wildman–Crippen LogP) is 2.59. The first-order valence-electron chi connectivity index (χ1n) is 7.57. The van der Waals surface area contributed by atoms with E-state index in [9.17, 15) is 9.59 Å². The van der Waals surface area contributed by atoms with Crippen LogP contribution < -0.4 is 10.9 Å². The number of anilines is 1. The highest BCUT2D eigenvalue weighted by molar-refractivity contribution is 7.99. The number of carbonyl (C=O) groups excluding carboxylic acids is 1. The number of aryl methyl sites for hydroxylation is 2. The van der Waals surface area contributed by atoms with E-state index in [-0.39, 0.29) is 23.8 Å². The van der Waals surface area contributed by atoms with Gasteiger partial charge >= 0.3 is 0 Å². The molecule has 0 aliphatic carbocycles. The van der Waals surface area contributed by atoms with Crippen LogP contribution in [0.3, 0.4) is 0 Å². The number of benzene rings is 1. The molecule has 6 heteroatoms. The summed E-state index contributed by atoms with van der Waals surface area (Å²) in [5.41, 5.74) is 3.46. The first-order chi connectivity index (χ1) is 11.5. The predicted molar refractivity (Wildman–Crippen MR) is 95.4 cm³/mol. The fourth-order valence-electron chi connectivity index (χ4n) is 3.01. The van der Waals surface area contributed by atoms with Crippen LogP contribution in [-0.2, 0) is 4.79 Å². The molecule has 1 aliphatic heterocycles. The maximum absolute atomic E-state index is 12.6. The number of hydrogen-bond acceptors (Lipinski definition) is 4. The van der Waals surface area contributed by atoms with Crippen LogP contribution >= 0.6 is 11.8 Å². The third-order valence-corrected chi connectivity index (χ3v) is 4.80. The second-order valence-electron chi connectivity index (χ2n) is 5.79. The number of terminal acetylenes is 1. The lowest BCUT2D eigenvalue weighted by atomic mass is 9.84. The summed E-state index contributed by atoms with van der Waals surface area (Å²) in [6.45, 7) is 4.01. The molecule has 0 fully saturated rings. The van der Waals surface area contributed by atoms with Crippen LogP contribution in [0.1, 0.15) is 34.6 Å². The number of thioether (sulfide) groups is 1. The third-order valence-electron chi connectivity index (χ3n) is 4.02. The molecule has 0 saturated carbocycles. The molecule has 24 heavy (non-hydrogen) atoms. The van der Waals surface area contributed by atoms with Crippen molar-refractivity contribution < 1.29 is 4.79 Å². The summed E-state index contributed by atoms with van der Waals surface area (Å²) in [6, 6.07) is 6.03. The monoisotopic (exact) mass is 339 g/mol. The lowest BCUT2D eigenvalue weighted by Gasteiger charge is -2.25. The molecular weight excluding hydrogens is 322 g/mol. The van der Waals surface area contributed by atoms with Crippen molar-refractivity contribution in [1.82, 2.24) is 9.97 Å². The van der Waals surface area contributed by atoms with Gasteiger partial charge in [-0.3, -0.25) is 9.59 Å². The van der Waals surface area contributed by atoms with Crippen molar-refractivity contribution in [2.75, 3.05) is 11.1 Å². The Balaban J connectivity index is 2.11. The first-order valence-corrected chi connectivity index (χ1v) is 8.55. The third kappa shape index (κ3) is 3.08. The molecule has 0 unspecified atom stereocenters. The minimum absolute atomic E-state index is 0.140. The molecule has 1 aliphatic rings. The number of nitrogens with one attached hydrogen (secondary N) is 2. The zero-order chi connectivity index (χ0) is 17.3. The van der Waals surface area contributed by atoms with E-state index in [1.165, 1.54) is 11.8 Å². The number of H-pyrrole nitrogens is 1. The lowest BCUT2D eigenvalue weighted by molar-refractivity contribution is -0.116. The number of aromatic amines is 1. The molecule has 2 heterocycles. The lowest BCUT2D eigenvalue weighted by Crippen LogP contribution is -2.31. The van der Waals surface area contributed by atoms with Crippen LogP contribution in [0.15, 0.2) is 28.2 Å². The second kappa shape index (κ2) is 6.54. The van der Waals surface area contributed by atoms with Crippen LogP contribution in [0.2, 0.25) is 0 Å². The van der Waals surface area contributed by atoms with Gasteiger partial charge in [-0.15, -0.1) is 6.42 Å². The maximum Gasteiger partial charge on any atom is 0.257 e. The number of fused-ring (bicyclic) bond motifs is 1. The van der Waals surface area contributed by atoms with Gasteiger partial charge in [0.15, 0.2) is 5.16 Å². The smallest absolute Gasteiger partial charge is 0.257 e. The summed E-state index contributed by atoms with van der Waals surface area (Å²) in [6.07, 6.45) is 5.48. The van der Waals surface area contributed by atoms with Crippen LogP contribution in [0.4, 0.5) is 5.82 Å². The Morgan fingerprint density at radius 1 is 1.38 bits per heavy atom. The average Bonchev–Trinajstić information content (AvgIpc) is 2.51. The zero-order valence-corrected chi connectivity index (χ0v) is 14.3. The number of aromatic nitrogens is 2. The Morgan fingerprint density at radius 3 is 2.88 bits per heavy atom. The Kier molecular flexibility index (Phi) is 4.45. The molecule has 0 bridgehead atoms. The van der Waals surface area contributed by atoms with E-state index in [0.29, 0.717) is 22.3 Å². The zero-order valence-electron chi connectivity index (χ0n) is 13.5. The molecule has 1 amide bonds. The molecule has 0 spiro atoms. The average molecular weight is 339 g/mol. The first kappa shape index (κ1) is 16.3. The molecule has 0 radical (unpaired) electrons. The quantitative estimate of drug-likeness (QED) is 0.512. The van der Waals surface area contributed by atoms with Crippen molar-refractivity contribution in [3.8, 4) is 12.3 Å². The van der Waals surface area contributed by atoms with E-state index in [2.05, 4.69) is 27.3 Å². The van der Waals surface area contributed by atoms with Gasteiger partial charge in [0.1, 0.15) is 5.82 Å².